The molecule has 20 heavy (non-hydrogen) atoms. The van der Waals surface area contributed by atoms with Gasteiger partial charge in [-0.25, -0.2) is 0 Å². The summed E-state index contributed by atoms with van der Waals surface area (Å²) in [6, 6.07) is 0.689. The molecule has 0 radical (unpaired) electrons. The van der Waals surface area contributed by atoms with E-state index in [2.05, 4.69) is 19.2 Å². The standard InChI is InChI=1S/C14H31N3O2S/c1-5-13(3)12-17(6-2)20(18,19)16(4)11-7-10-15-14-8-9-14/h13-15H,5-12H2,1-4H3. The molecule has 1 aliphatic rings. The van der Waals surface area contributed by atoms with Crippen LogP contribution in [0.3, 0.4) is 0 Å². The van der Waals surface area contributed by atoms with Crippen LogP contribution in [0.25, 0.3) is 0 Å². The molecule has 1 atom stereocenters. The molecule has 0 aromatic heterocycles. The second-order valence-electron chi connectivity index (χ2n) is 5.88. The van der Waals surface area contributed by atoms with Crippen LogP contribution >= 0.6 is 0 Å². The fraction of sp³-hybridized carbons (Fsp3) is 1.00. The van der Waals surface area contributed by atoms with Crippen molar-refractivity contribution < 1.29 is 8.42 Å². The summed E-state index contributed by atoms with van der Waals surface area (Å²) in [6.45, 7) is 8.73. The van der Waals surface area contributed by atoms with Gasteiger partial charge < -0.3 is 5.32 Å². The van der Waals surface area contributed by atoms with Crippen molar-refractivity contribution in [1.82, 2.24) is 13.9 Å². The van der Waals surface area contributed by atoms with Crippen LogP contribution < -0.4 is 5.32 Å². The SMILES string of the molecule is CCC(C)CN(CC)S(=O)(=O)N(C)CCCNC1CC1. The van der Waals surface area contributed by atoms with Gasteiger partial charge in [0.1, 0.15) is 0 Å². The average Bonchev–Trinajstić information content (AvgIpc) is 3.24. The smallest absolute Gasteiger partial charge is 0.281 e. The molecule has 5 nitrogen and oxygen atoms in total. The summed E-state index contributed by atoms with van der Waals surface area (Å²) in [5.74, 6) is 0.398. The molecule has 0 aliphatic heterocycles. The second kappa shape index (κ2) is 8.32. The van der Waals surface area contributed by atoms with Crippen LogP contribution in [0, 0.1) is 5.92 Å². The van der Waals surface area contributed by atoms with Gasteiger partial charge in [0.05, 0.1) is 0 Å². The van der Waals surface area contributed by atoms with Gasteiger partial charge in [0.15, 0.2) is 0 Å². The van der Waals surface area contributed by atoms with Crippen LogP contribution in [0.15, 0.2) is 0 Å². The highest BCUT2D eigenvalue weighted by molar-refractivity contribution is 7.86. The van der Waals surface area contributed by atoms with Crippen LogP contribution in [0.5, 0.6) is 0 Å². The Morgan fingerprint density at radius 3 is 2.45 bits per heavy atom. The van der Waals surface area contributed by atoms with Gasteiger partial charge in [-0.05, 0) is 31.7 Å². The Balaban J connectivity index is 2.41. The van der Waals surface area contributed by atoms with Gasteiger partial charge in [-0.15, -0.1) is 0 Å². The topological polar surface area (TPSA) is 52.7 Å². The minimum Gasteiger partial charge on any atom is -0.314 e. The molecule has 1 unspecified atom stereocenters. The zero-order valence-corrected chi connectivity index (χ0v) is 14.2. The van der Waals surface area contributed by atoms with E-state index in [-0.39, 0.29) is 0 Å². The highest BCUT2D eigenvalue weighted by atomic mass is 32.2. The normalized spacial score (nSPS) is 17.9. The molecule has 0 aromatic rings. The maximum atomic E-state index is 12.5. The lowest BCUT2D eigenvalue weighted by Gasteiger charge is -2.28. The lowest BCUT2D eigenvalue weighted by molar-refractivity contribution is 0.327. The molecule has 0 aromatic carbocycles. The summed E-state index contributed by atoms with van der Waals surface area (Å²) >= 11 is 0. The fourth-order valence-corrected chi connectivity index (χ4v) is 3.59. The van der Waals surface area contributed by atoms with E-state index < -0.39 is 10.2 Å². The molecule has 0 heterocycles. The van der Waals surface area contributed by atoms with Gasteiger partial charge in [0.2, 0.25) is 0 Å². The van der Waals surface area contributed by atoms with Gasteiger partial charge in [-0.2, -0.15) is 17.0 Å². The minimum absolute atomic E-state index is 0.398. The molecular formula is C14H31N3O2S. The predicted molar refractivity (Wildman–Crippen MR) is 83.9 cm³/mol. The van der Waals surface area contributed by atoms with Crippen molar-refractivity contribution in [3.8, 4) is 0 Å². The van der Waals surface area contributed by atoms with E-state index >= 15 is 0 Å². The summed E-state index contributed by atoms with van der Waals surface area (Å²) in [5, 5.41) is 3.41. The van der Waals surface area contributed by atoms with Gasteiger partial charge in [0, 0.05) is 32.7 Å². The molecule has 1 N–H and O–H groups in total. The van der Waals surface area contributed by atoms with Crippen LogP contribution in [-0.2, 0) is 10.2 Å². The van der Waals surface area contributed by atoms with Crippen molar-refractivity contribution in [3.63, 3.8) is 0 Å². The average molecular weight is 305 g/mol. The first-order valence-corrected chi connectivity index (χ1v) is 9.26. The second-order valence-corrected chi connectivity index (χ2v) is 7.91. The number of rotatable bonds is 11. The van der Waals surface area contributed by atoms with Crippen LogP contribution in [0.4, 0.5) is 0 Å². The predicted octanol–water partition coefficient (Wildman–Crippen LogP) is 1.67. The summed E-state index contributed by atoms with van der Waals surface area (Å²) < 4.78 is 28.1. The molecule has 0 amide bonds. The van der Waals surface area contributed by atoms with Crippen molar-refractivity contribution in [3.05, 3.63) is 0 Å². The van der Waals surface area contributed by atoms with E-state index in [4.69, 9.17) is 0 Å². The minimum atomic E-state index is -3.30. The Morgan fingerprint density at radius 2 is 1.95 bits per heavy atom. The summed E-state index contributed by atoms with van der Waals surface area (Å²) in [4.78, 5) is 0. The van der Waals surface area contributed by atoms with E-state index in [1.54, 1.807) is 11.4 Å². The van der Waals surface area contributed by atoms with E-state index in [9.17, 15) is 8.42 Å². The van der Waals surface area contributed by atoms with Crippen molar-refractivity contribution >= 4 is 10.2 Å². The Morgan fingerprint density at radius 1 is 1.30 bits per heavy atom. The van der Waals surface area contributed by atoms with E-state index in [1.165, 1.54) is 17.1 Å². The molecule has 1 saturated carbocycles. The lowest BCUT2D eigenvalue weighted by atomic mass is 10.1. The Bertz CT molecular complexity index is 369. The Labute approximate surface area is 124 Å². The van der Waals surface area contributed by atoms with Crippen molar-refractivity contribution in [1.29, 1.82) is 0 Å². The molecule has 1 aliphatic carbocycles. The van der Waals surface area contributed by atoms with Gasteiger partial charge >= 0.3 is 0 Å². The summed E-state index contributed by atoms with van der Waals surface area (Å²) in [6.07, 6.45) is 4.41. The molecule has 120 valence electrons. The Hall–Kier alpha value is -0.170. The number of hydrogen-bond acceptors (Lipinski definition) is 3. The monoisotopic (exact) mass is 305 g/mol. The van der Waals surface area contributed by atoms with Crippen molar-refractivity contribution in [2.75, 3.05) is 33.2 Å². The Kier molecular flexibility index (Phi) is 7.43. The number of nitrogens with zero attached hydrogens (tertiary/aromatic N) is 2. The summed E-state index contributed by atoms with van der Waals surface area (Å²) in [7, 11) is -1.62. The zero-order chi connectivity index (χ0) is 15.2. The molecule has 0 bridgehead atoms. The van der Waals surface area contributed by atoms with E-state index in [1.807, 2.05) is 6.92 Å². The fourth-order valence-electron chi connectivity index (χ4n) is 2.07. The van der Waals surface area contributed by atoms with Crippen LogP contribution in [0.2, 0.25) is 0 Å². The third-order valence-corrected chi connectivity index (χ3v) is 5.98. The largest absolute Gasteiger partial charge is 0.314 e. The third-order valence-electron chi connectivity index (χ3n) is 3.95. The summed E-state index contributed by atoms with van der Waals surface area (Å²) in [5.41, 5.74) is 0. The number of nitrogens with one attached hydrogen (secondary N) is 1. The number of hydrogen-bond donors (Lipinski definition) is 1. The van der Waals surface area contributed by atoms with Gasteiger partial charge in [0.25, 0.3) is 10.2 Å². The maximum absolute atomic E-state index is 12.5. The highest BCUT2D eigenvalue weighted by Gasteiger charge is 2.26. The zero-order valence-electron chi connectivity index (χ0n) is 13.4. The first-order chi connectivity index (χ1) is 9.41. The molecule has 6 heteroatoms. The quantitative estimate of drug-likeness (QED) is 0.591. The molecule has 0 spiro atoms. The van der Waals surface area contributed by atoms with Gasteiger partial charge in [-0.3, -0.25) is 0 Å². The molecule has 1 fully saturated rings. The first-order valence-electron chi connectivity index (χ1n) is 7.86. The molecular weight excluding hydrogens is 274 g/mol. The maximum Gasteiger partial charge on any atom is 0.281 e. The van der Waals surface area contributed by atoms with Crippen LogP contribution in [-0.4, -0.2) is 56.3 Å². The van der Waals surface area contributed by atoms with Crippen LogP contribution in [0.1, 0.15) is 46.5 Å². The third kappa shape index (κ3) is 5.68. The first kappa shape index (κ1) is 17.9. The van der Waals surface area contributed by atoms with Gasteiger partial charge in [-0.1, -0.05) is 27.2 Å². The van der Waals surface area contributed by atoms with E-state index in [0.29, 0.717) is 31.6 Å². The van der Waals surface area contributed by atoms with E-state index in [0.717, 1.165) is 19.4 Å². The highest BCUT2D eigenvalue weighted by Crippen LogP contribution is 2.18. The van der Waals surface area contributed by atoms with Crippen molar-refractivity contribution in [2.24, 2.45) is 5.92 Å². The lowest BCUT2D eigenvalue weighted by Crippen LogP contribution is -2.44. The van der Waals surface area contributed by atoms with Crippen molar-refractivity contribution in [2.45, 2.75) is 52.5 Å². The molecule has 1 rings (SSSR count). The molecule has 0 saturated heterocycles.